The van der Waals surface area contributed by atoms with Gasteiger partial charge in [-0.1, -0.05) is 12.1 Å². The molecule has 0 fully saturated rings. The number of hydrogen-bond acceptors (Lipinski definition) is 5. The maximum Gasteiger partial charge on any atom is 0.180 e. The van der Waals surface area contributed by atoms with Crippen LogP contribution >= 0.6 is 0 Å². The van der Waals surface area contributed by atoms with Gasteiger partial charge in [-0.3, -0.25) is 0 Å². The predicted octanol–water partition coefficient (Wildman–Crippen LogP) is 2.99. The van der Waals surface area contributed by atoms with Crippen LogP contribution in [0.4, 0.5) is 11.6 Å². The molecule has 0 aliphatic rings. The minimum absolute atomic E-state index is 0.592. The van der Waals surface area contributed by atoms with Crippen molar-refractivity contribution in [3.05, 3.63) is 60.6 Å². The standard InChI is InChI=1S/C15H13N5/c1-11-5-4-6-12(18-11)15-17-10-8-14(20-15)19-13-7-2-3-9-16-13/h2-10H,1H3,(H,16,17,19,20). The highest BCUT2D eigenvalue weighted by molar-refractivity contribution is 5.56. The molecular weight excluding hydrogens is 250 g/mol. The molecule has 3 aromatic heterocycles. The Kier molecular flexibility index (Phi) is 3.33. The number of hydrogen-bond donors (Lipinski definition) is 1. The summed E-state index contributed by atoms with van der Waals surface area (Å²) in [4.78, 5) is 17.3. The van der Waals surface area contributed by atoms with Crippen LogP contribution in [-0.4, -0.2) is 19.9 Å². The van der Waals surface area contributed by atoms with Gasteiger partial charge in [-0.05, 0) is 37.3 Å². The molecule has 0 radical (unpaired) electrons. The second-order valence-corrected chi connectivity index (χ2v) is 4.27. The zero-order valence-corrected chi connectivity index (χ0v) is 11.0. The highest BCUT2D eigenvalue weighted by Crippen LogP contribution is 2.16. The van der Waals surface area contributed by atoms with Crippen molar-refractivity contribution >= 4 is 11.6 Å². The van der Waals surface area contributed by atoms with E-state index >= 15 is 0 Å². The number of aromatic nitrogens is 4. The number of nitrogens with zero attached hydrogens (tertiary/aromatic N) is 4. The van der Waals surface area contributed by atoms with Crippen molar-refractivity contribution in [2.45, 2.75) is 6.92 Å². The minimum Gasteiger partial charge on any atom is -0.325 e. The molecule has 0 saturated carbocycles. The third kappa shape index (κ3) is 2.77. The number of rotatable bonds is 3. The Morgan fingerprint density at radius 1 is 0.800 bits per heavy atom. The molecule has 0 aliphatic carbocycles. The first kappa shape index (κ1) is 12.2. The van der Waals surface area contributed by atoms with Gasteiger partial charge < -0.3 is 5.32 Å². The highest BCUT2D eigenvalue weighted by atomic mass is 15.1. The van der Waals surface area contributed by atoms with E-state index in [4.69, 9.17) is 0 Å². The molecular formula is C15H13N5. The maximum absolute atomic E-state index is 4.45. The Morgan fingerprint density at radius 3 is 2.55 bits per heavy atom. The summed E-state index contributed by atoms with van der Waals surface area (Å²) in [6.45, 7) is 1.94. The number of aryl methyl sites for hydroxylation is 1. The summed E-state index contributed by atoms with van der Waals surface area (Å²) in [5.74, 6) is 2.03. The summed E-state index contributed by atoms with van der Waals surface area (Å²) in [7, 11) is 0. The van der Waals surface area contributed by atoms with Crippen LogP contribution in [0.15, 0.2) is 54.9 Å². The second kappa shape index (κ2) is 5.44. The van der Waals surface area contributed by atoms with Crippen LogP contribution in [0.25, 0.3) is 11.5 Å². The van der Waals surface area contributed by atoms with Crippen LogP contribution in [0, 0.1) is 6.92 Å². The number of anilines is 2. The Morgan fingerprint density at radius 2 is 1.75 bits per heavy atom. The molecule has 3 rings (SSSR count). The second-order valence-electron chi connectivity index (χ2n) is 4.27. The average Bonchev–Trinajstić information content (AvgIpc) is 2.49. The van der Waals surface area contributed by atoms with Gasteiger partial charge in [-0.25, -0.2) is 19.9 Å². The van der Waals surface area contributed by atoms with Crippen molar-refractivity contribution in [1.29, 1.82) is 0 Å². The SMILES string of the molecule is Cc1cccc(-c2nccc(Nc3ccccn3)n2)n1. The van der Waals surface area contributed by atoms with Crippen LogP contribution in [0.3, 0.4) is 0 Å². The topological polar surface area (TPSA) is 63.6 Å². The first-order chi connectivity index (χ1) is 9.81. The minimum atomic E-state index is 0.592. The summed E-state index contributed by atoms with van der Waals surface area (Å²) < 4.78 is 0. The molecule has 0 spiro atoms. The van der Waals surface area contributed by atoms with Gasteiger partial charge in [-0.15, -0.1) is 0 Å². The van der Waals surface area contributed by atoms with Crippen molar-refractivity contribution < 1.29 is 0 Å². The molecule has 3 aromatic rings. The Hall–Kier alpha value is -2.82. The predicted molar refractivity (Wildman–Crippen MR) is 77.5 cm³/mol. The van der Waals surface area contributed by atoms with E-state index in [1.807, 2.05) is 43.3 Å². The van der Waals surface area contributed by atoms with E-state index in [1.165, 1.54) is 0 Å². The van der Waals surface area contributed by atoms with Gasteiger partial charge in [0.05, 0.1) is 0 Å². The number of nitrogens with one attached hydrogen (secondary N) is 1. The lowest BCUT2D eigenvalue weighted by Crippen LogP contribution is -1.99. The summed E-state index contributed by atoms with van der Waals surface area (Å²) in [6, 6.07) is 13.2. The molecule has 0 amide bonds. The molecule has 3 heterocycles. The fourth-order valence-electron chi connectivity index (χ4n) is 1.79. The van der Waals surface area contributed by atoms with E-state index < -0.39 is 0 Å². The van der Waals surface area contributed by atoms with Crippen LogP contribution in [0.5, 0.6) is 0 Å². The smallest absolute Gasteiger partial charge is 0.180 e. The third-order valence-electron chi connectivity index (χ3n) is 2.69. The molecule has 0 unspecified atom stereocenters. The van der Waals surface area contributed by atoms with E-state index in [0.29, 0.717) is 11.6 Å². The third-order valence-corrected chi connectivity index (χ3v) is 2.69. The van der Waals surface area contributed by atoms with Gasteiger partial charge >= 0.3 is 0 Å². The van der Waals surface area contributed by atoms with Gasteiger partial charge in [0, 0.05) is 18.1 Å². The first-order valence-electron chi connectivity index (χ1n) is 6.26. The normalized spacial score (nSPS) is 10.2. The molecule has 0 saturated heterocycles. The van der Waals surface area contributed by atoms with Crippen LogP contribution in [-0.2, 0) is 0 Å². The fraction of sp³-hybridized carbons (Fsp3) is 0.0667. The summed E-state index contributed by atoms with van der Waals surface area (Å²) in [5, 5.41) is 3.14. The first-order valence-corrected chi connectivity index (χ1v) is 6.26. The van der Waals surface area contributed by atoms with Gasteiger partial charge in [0.15, 0.2) is 5.82 Å². The number of pyridine rings is 2. The van der Waals surface area contributed by atoms with Gasteiger partial charge in [0.1, 0.15) is 17.3 Å². The average molecular weight is 263 g/mol. The Balaban J connectivity index is 1.90. The monoisotopic (exact) mass is 263 g/mol. The van der Waals surface area contributed by atoms with Crippen molar-refractivity contribution in [3.8, 4) is 11.5 Å². The zero-order valence-electron chi connectivity index (χ0n) is 11.0. The van der Waals surface area contributed by atoms with E-state index in [1.54, 1.807) is 18.5 Å². The molecule has 5 heteroatoms. The lowest BCUT2D eigenvalue weighted by molar-refractivity contribution is 1.11. The highest BCUT2D eigenvalue weighted by Gasteiger charge is 2.04. The van der Waals surface area contributed by atoms with E-state index in [0.717, 1.165) is 17.2 Å². The summed E-state index contributed by atoms with van der Waals surface area (Å²) in [5.41, 5.74) is 1.70. The molecule has 20 heavy (non-hydrogen) atoms. The molecule has 5 nitrogen and oxygen atoms in total. The molecule has 0 bridgehead atoms. The summed E-state index contributed by atoms with van der Waals surface area (Å²) >= 11 is 0. The van der Waals surface area contributed by atoms with Crippen molar-refractivity contribution in [2.24, 2.45) is 0 Å². The van der Waals surface area contributed by atoms with Crippen LogP contribution in [0.1, 0.15) is 5.69 Å². The van der Waals surface area contributed by atoms with Crippen molar-refractivity contribution in [1.82, 2.24) is 19.9 Å². The van der Waals surface area contributed by atoms with Crippen molar-refractivity contribution in [3.63, 3.8) is 0 Å². The molecule has 98 valence electrons. The Labute approximate surface area is 116 Å². The van der Waals surface area contributed by atoms with E-state index in [9.17, 15) is 0 Å². The fourth-order valence-corrected chi connectivity index (χ4v) is 1.79. The lowest BCUT2D eigenvalue weighted by Gasteiger charge is -2.06. The molecule has 0 aromatic carbocycles. The maximum atomic E-state index is 4.45. The van der Waals surface area contributed by atoms with Gasteiger partial charge in [-0.2, -0.15) is 0 Å². The van der Waals surface area contributed by atoms with Crippen LogP contribution < -0.4 is 5.32 Å². The molecule has 0 atom stereocenters. The van der Waals surface area contributed by atoms with Crippen molar-refractivity contribution in [2.75, 3.05) is 5.32 Å². The Bertz CT molecular complexity index is 712. The lowest BCUT2D eigenvalue weighted by atomic mass is 10.3. The molecule has 1 N–H and O–H groups in total. The van der Waals surface area contributed by atoms with Crippen LogP contribution in [0.2, 0.25) is 0 Å². The van der Waals surface area contributed by atoms with E-state index in [2.05, 4.69) is 25.3 Å². The largest absolute Gasteiger partial charge is 0.325 e. The summed E-state index contributed by atoms with van der Waals surface area (Å²) in [6.07, 6.45) is 3.43. The quantitative estimate of drug-likeness (QED) is 0.787. The molecule has 0 aliphatic heterocycles. The van der Waals surface area contributed by atoms with E-state index in [-0.39, 0.29) is 0 Å². The zero-order chi connectivity index (χ0) is 13.8. The van der Waals surface area contributed by atoms with Gasteiger partial charge in [0.25, 0.3) is 0 Å². The van der Waals surface area contributed by atoms with Gasteiger partial charge in [0.2, 0.25) is 0 Å².